The molecule has 8 nitrogen and oxygen atoms in total. The minimum absolute atomic E-state index is 0.322. The molecule has 0 radical (unpaired) electrons. The molecule has 0 N–H and O–H groups in total. The van der Waals surface area contributed by atoms with Crippen molar-refractivity contribution in [1.82, 2.24) is 14.5 Å². The quantitative estimate of drug-likeness (QED) is 0.127. The Morgan fingerprint density at radius 1 is 0.320 bits per heavy atom. The Labute approximate surface area is 434 Å². The molecule has 0 saturated heterocycles. The van der Waals surface area contributed by atoms with Crippen molar-refractivity contribution in [1.29, 1.82) is 15.8 Å². The number of benzene rings is 10. The first kappa shape index (κ1) is 45.3. The van der Waals surface area contributed by atoms with Gasteiger partial charge in [-0.3, -0.25) is 0 Å². The number of hydrogen-bond donors (Lipinski definition) is 0. The van der Waals surface area contributed by atoms with Crippen LogP contribution in [0.25, 0.3) is 72.5 Å². The molecule has 0 bridgehead atoms. The van der Waals surface area contributed by atoms with Crippen molar-refractivity contribution in [3.8, 4) is 68.9 Å². The predicted molar refractivity (Wildman–Crippen MR) is 302 cm³/mol. The van der Waals surface area contributed by atoms with Crippen molar-refractivity contribution in [2.45, 2.75) is 0 Å². The molecular weight excluding hydrogens is 917 g/mol. The fourth-order valence-electron chi connectivity index (χ4n) is 10.0. The van der Waals surface area contributed by atoms with Gasteiger partial charge in [0.1, 0.15) is 0 Å². The van der Waals surface area contributed by atoms with Crippen LogP contribution in [-0.2, 0) is 0 Å². The molecule has 0 aliphatic carbocycles. The third-order valence-electron chi connectivity index (χ3n) is 13.5. The highest BCUT2D eigenvalue weighted by atomic mass is 15.1. The molecule has 2 aromatic heterocycles. The molecule has 0 saturated carbocycles. The summed E-state index contributed by atoms with van der Waals surface area (Å²) in [7, 11) is 0. The summed E-state index contributed by atoms with van der Waals surface area (Å²) in [6.45, 7) is 0. The summed E-state index contributed by atoms with van der Waals surface area (Å²) in [4.78, 5) is 14.4. The Bertz CT molecular complexity index is 3910. The Morgan fingerprint density at radius 3 is 1.19 bits per heavy atom. The molecule has 0 amide bonds. The number of anilines is 6. The standard InChI is InChI=1S/C67H42N8/c68-43-48-17-13-15-27-58(48)63-42-64(72-67(71-63)60-28-16-14-18-49(60)44-69)59-36-31-47(39-50(59)45-70)46-29-32-55(33-30-46)75-65-37-34-56(73(51-19-5-1-6-20-51)52-21-7-2-8-22-52)40-61(65)62-41-57(35-38-66(62)75)74(53-23-9-3-10-24-53)54-25-11-4-12-26-54/h1-42H. The first-order valence-corrected chi connectivity index (χ1v) is 24.5. The maximum atomic E-state index is 10.7. The lowest BCUT2D eigenvalue weighted by Crippen LogP contribution is -2.09. The highest BCUT2D eigenvalue weighted by Gasteiger charge is 2.22. The average Bonchev–Trinajstić information content (AvgIpc) is 3.81. The van der Waals surface area contributed by atoms with Gasteiger partial charge in [-0.15, -0.1) is 0 Å². The van der Waals surface area contributed by atoms with E-state index in [0.717, 1.165) is 72.7 Å². The fourth-order valence-corrected chi connectivity index (χ4v) is 10.0. The Balaban J connectivity index is 0.975. The van der Waals surface area contributed by atoms with Gasteiger partial charge in [0.15, 0.2) is 5.82 Å². The second-order valence-corrected chi connectivity index (χ2v) is 17.9. The van der Waals surface area contributed by atoms with Crippen LogP contribution in [-0.4, -0.2) is 14.5 Å². The summed E-state index contributed by atoms with van der Waals surface area (Å²) in [5.74, 6) is 0.322. The molecule has 0 unspecified atom stereocenters. The number of fused-ring (bicyclic) bond motifs is 3. The SMILES string of the molecule is N#Cc1ccccc1-c1cc(-c2ccc(-c3ccc(-n4c5ccc(N(c6ccccc6)c6ccccc6)cc5c5cc(N(c6ccccc6)c6ccccc6)ccc54)cc3)cc2C#N)nc(-c2ccccc2C#N)n1. The number of rotatable bonds is 11. The maximum absolute atomic E-state index is 10.7. The molecule has 0 spiro atoms. The van der Waals surface area contributed by atoms with E-state index in [1.807, 2.05) is 66.7 Å². The van der Waals surface area contributed by atoms with Gasteiger partial charge in [0.2, 0.25) is 0 Å². The van der Waals surface area contributed by atoms with Gasteiger partial charge in [-0.05, 0) is 139 Å². The Hall–Kier alpha value is -10.9. The molecule has 0 fully saturated rings. The van der Waals surface area contributed by atoms with Gasteiger partial charge in [0, 0.05) is 67.3 Å². The summed E-state index contributed by atoms with van der Waals surface area (Å²) in [5, 5.41) is 33.0. The molecule has 350 valence electrons. The lowest BCUT2D eigenvalue weighted by molar-refractivity contribution is 1.18. The van der Waals surface area contributed by atoms with Gasteiger partial charge in [-0.2, -0.15) is 15.8 Å². The van der Waals surface area contributed by atoms with E-state index in [-0.39, 0.29) is 0 Å². The first-order valence-electron chi connectivity index (χ1n) is 24.5. The molecule has 75 heavy (non-hydrogen) atoms. The minimum atomic E-state index is 0.322. The van der Waals surface area contributed by atoms with Crippen LogP contribution in [0.1, 0.15) is 16.7 Å². The van der Waals surface area contributed by atoms with E-state index in [1.54, 1.807) is 30.3 Å². The molecule has 8 heteroatoms. The van der Waals surface area contributed by atoms with Gasteiger partial charge in [0.25, 0.3) is 0 Å². The van der Waals surface area contributed by atoms with Gasteiger partial charge < -0.3 is 14.4 Å². The van der Waals surface area contributed by atoms with Crippen molar-refractivity contribution in [2.24, 2.45) is 0 Å². The van der Waals surface area contributed by atoms with E-state index in [2.05, 4.69) is 190 Å². The number of hydrogen-bond acceptors (Lipinski definition) is 7. The smallest absolute Gasteiger partial charge is 0.161 e. The molecule has 0 atom stereocenters. The molecule has 12 aromatic rings. The van der Waals surface area contributed by atoms with E-state index in [9.17, 15) is 15.8 Å². The van der Waals surface area contributed by atoms with Gasteiger partial charge in [0.05, 0.1) is 57.3 Å². The molecule has 0 aliphatic heterocycles. The third kappa shape index (κ3) is 8.55. The molecular formula is C67H42N8. The topological polar surface area (TPSA) is 109 Å². The van der Waals surface area contributed by atoms with Crippen molar-refractivity contribution in [2.75, 3.05) is 9.80 Å². The number of nitriles is 3. The summed E-state index contributed by atoms with van der Waals surface area (Å²) >= 11 is 0. The highest BCUT2D eigenvalue weighted by Crippen LogP contribution is 2.43. The summed E-state index contributed by atoms with van der Waals surface area (Å²) in [5.41, 5.74) is 15.3. The van der Waals surface area contributed by atoms with E-state index >= 15 is 0 Å². The predicted octanol–water partition coefficient (Wildman–Crippen LogP) is 16.8. The molecule has 10 aromatic carbocycles. The summed E-state index contributed by atoms with van der Waals surface area (Å²) in [6, 6.07) is 92.8. The van der Waals surface area contributed by atoms with Crippen LogP contribution >= 0.6 is 0 Å². The summed E-state index contributed by atoms with van der Waals surface area (Å²) < 4.78 is 2.33. The van der Waals surface area contributed by atoms with Gasteiger partial charge >= 0.3 is 0 Å². The zero-order valence-electron chi connectivity index (χ0n) is 40.3. The van der Waals surface area contributed by atoms with Crippen LogP contribution in [0.5, 0.6) is 0 Å². The lowest BCUT2D eigenvalue weighted by atomic mass is 9.96. The van der Waals surface area contributed by atoms with Crippen LogP contribution in [0, 0.1) is 34.0 Å². The second-order valence-electron chi connectivity index (χ2n) is 17.9. The molecule has 2 heterocycles. The average molecular weight is 959 g/mol. The summed E-state index contributed by atoms with van der Waals surface area (Å²) in [6.07, 6.45) is 0. The Morgan fingerprint density at radius 2 is 0.720 bits per heavy atom. The van der Waals surface area contributed by atoms with Crippen LogP contribution in [0.4, 0.5) is 34.1 Å². The number of aromatic nitrogens is 3. The first-order chi connectivity index (χ1) is 37.1. The van der Waals surface area contributed by atoms with E-state index < -0.39 is 0 Å². The van der Waals surface area contributed by atoms with Crippen LogP contribution in [0.15, 0.2) is 255 Å². The van der Waals surface area contributed by atoms with E-state index in [4.69, 9.17) is 9.97 Å². The van der Waals surface area contributed by atoms with Crippen LogP contribution in [0.3, 0.4) is 0 Å². The van der Waals surface area contributed by atoms with Crippen molar-refractivity contribution in [3.05, 3.63) is 271 Å². The van der Waals surface area contributed by atoms with E-state index in [0.29, 0.717) is 50.6 Å². The molecule has 0 aliphatic rings. The van der Waals surface area contributed by atoms with Crippen molar-refractivity contribution >= 4 is 55.9 Å². The zero-order valence-corrected chi connectivity index (χ0v) is 40.3. The van der Waals surface area contributed by atoms with Crippen LogP contribution in [0.2, 0.25) is 0 Å². The highest BCUT2D eigenvalue weighted by molar-refractivity contribution is 6.12. The number of para-hydroxylation sites is 4. The second kappa shape index (κ2) is 19.7. The fraction of sp³-hybridized carbons (Fsp3) is 0. The number of nitrogens with zero attached hydrogens (tertiary/aromatic N) is 8. The van der Waals surface area contributed by atoms with Gasteiger partial charge in [-0.1, -0.05) is 127 Å². The van der Waals surface area contributed by atoms with Crippen molar-refractivity contribution < 1.29 is 0 Å². The Kier molecular flexibility index (Phi) is 11.9. The monoisotopic (exact) mass is 958 g/mol. The normalized spacial score (nSPS) is 10.9. The largest absolute Gasteiger partial charge is 0.310 e. The zero-order chi connectivity index (χ0) is 50.7. The van der Waals surface area contributed by atoms with Gasteiger partial charge in [-0.25, -0.2) is 9.97 Å². The maximum Gasteiger partial charge on any atom is 0.161 e. The van der Waals surface area contributed by atoms with Crippen molar-refractivity contribution in [3.63, 3.8) is 0 Å². The van der Waals surface area contributed by atoms with E-state index in [1.165, 1.54) is 0 Å². The lowest BCUT2D eigenvalue weighted by Gasteiger charge is -2.26. The van der Waals surface area contributed by atoms with Crippen LogP contribution < -0.4 is 9.80 Å². The third-order valence-corrected chi connectivity index (χ3v) is 13.5. The molecule has 12 rings (SSSR count). The minimum Gasteiger partial charge on any atom is -0.310 e.